The molecule has 2 fully saturated rings. The molecule has 7 rings (SSSR count). The van der Waals surface area contributed by atoms with Crippen LogP contribution in [-0.2, 0) is 50.8 Å². The fourth-order valence-corrected chi connectivity index (χ4v) is 7.74. The third-order valence-corrected chi connectivity index (χ3v) is 10.5. The van der Waals surface area contributed by atoms with Crippen molar-refractivity contribution < 1.29 is 28.8 Å². The monoisotopic (exact) mass is 704 g/mol. The van der Waals surface area contributed by atoms with Gasteiger partial charge >= 0.3 is 0 Å². The number of hydrogen-bond donors (Lipinski definition) is 1. The Balaban J connectivity index is 1.28. The van der Waals surface area contributed by atoms with Gasteiger partial charge < -0.3 is 28.8 Å². The van der Waals surface area contributed by atoms with Gasteiger partial charge in [-0.25, -0.2) is 0 Å². The Morgan fingerprint density at radius 2 is 1.24 bits per heavy atom. The summed E-state index contributed by atoms with van der Waals surface area (Å²) in [5, 5.41) is 11.9. The number of rotatable bonds is 15. The second kappa shape index (κ2) is 16.1. The molecular weight excluding hydrogens is 660 g/mol. The fraction of sp³-hybridized carbons (Fsp3) is 0.318. The molecule has 2 saturated heterocycles. The lowest BCUT2D eigenvalue weighted by molar-refractivity contribution is -0.319. The zero-order valence-corrected chi connectivity index (χ0v) is 29.7. The molecule has 2 aliphatic heterocycles. The van der Waals surface area contributed by atoms with E-state index in [1.165, 1.54) is 0 Å². The molecule has 51 heavy (non-hydrogen) atoms. The first-order valence-corrected chi connectivity index (χ1v) is 18.2. The van der Waals surface area contributed by atoms with E-state index >= 15 is 0 Å². The highest BCUT2D eigenvalue weighted by molar-refractivity contribution is 6.31. The quantitative estimate of drug-likeness (QED) is 0.118. The van der Waals surface area contributed by atoms with Crippen molar-refractivity contribution in [2.24, 2.45) is 0 Å². The third kappa shape index (κ3) is 7.77. The van der Waals surface area contributed by atoms with E-state index in [2.05, 4.69) is 42.5 Å². The van der Waals surface area contributed by atoms with Crippen LogP contribution in [0.3, 0.4) is 0 Å². The molecule has 0 spiro atoms. The Morgan fingerprint density at radius 3 is 1.80 bits per heavy atom. The molecule has 5 aromatic carbocycles. The Bertz CT molecular complexity index is 1840. The highest BCUT2D eigenvalue weighted by Crippen LogP contribution is 2.56. The van der Waals surface area contributed by atoms with Gasteiger partial charge in [-0.1, -0.05) is 127 Å². The summed E-state index contributed by atoms with van der Waals surface area (Å²) in [5.74, 6) is 0.839. The molecule has 2 aliphatic rings. The molecule has 5 atom stereocenters. The van der Waals surface area contributed by atoms with Crippen LogP contribution in [0.2, 0.25) is 5.02 Å². The van der Waals surface area contributed by atoms with Crippen molar-refractivity contribution in [1.29, 1.82) is 0 Å². The van der Waals surface area contributed by atoms with Crippen LogP contribution < -0.4 is 4.74 Å². The molecular formula is C44H45ClO6. The Kier molecular flexibility index (Phi) is 11.2. The van der Waals surface area contributed by atoms with Gasteiger partial charge in [0.05, 0.1) is 33.0 Å². The largest absolute Gasteiger partial charge is 0.494 e. The van der Waals surface area contributed by atoms with E-state index in [4.69, 9.17) is 35.3 Å². The molecule has 7 heteroatoms. The average molecular weight is 705 g/mol. The summed E-state index contributed by atoms with van der Waals surface area (Å²) in [4.78, 5) is 0. The number of ether oxygens (including phenoxy) is 5. The fourth-order valence-electron chi connectivity index (χ4n) is 7.56. The lowest BCUT2D eigenvalue weighted by atomic mass is 9.80. The standard InChI is InChI=1S/C44H45ClO6/c1-2-47-38-21-18-32(19-22-38)26-36-27-37(20-23-39(36)45)44-25-24-43(31-46,51-44)41(49-29-34-14-8-4-9-15-34)40(48-28-33-12-6-3-7-13-33)42(44)50-30-35-16-10-5-11-17-35/h3-23,27,40-42,46H,2,24-26,28-31H2,1H3/t40-,41-,42+,43+,44-/m0/s1. The van der Waals surface area contributed by atoms with Gasteiger partial charge in [-0.2, -0.15) is 0 Å². The second-order valence-corrected chi connectivity index (χ2v) is 13.9. The number of halogens is 1. The van der Waals surface area contributed by atoms with Crippen molar-refractivity contribution in [1.82, 2.24) is 0 Å². The maximum absolute atomic E-state index is 11.2. The van der Waals surface area contributed by atoms with E-state index < -0.39 is 29.5 Å². The van der Waals surface area contributed by atoms with Gasteiger partial charge in [0.15, 0.2) is 0 Å². The van der Waals surface area contributed by atoms with Crippen molar-refractivity contribution in [3.05, 3.63) is 172 Å². The summed E-state index contributed by atoms with van der Waals surface area (Å²) in [5.41, 5.74) is 4.18. The molecule has 2 bridgehead atoms. The first-order chi connectivity index (χ1) is 25.0. The summed E-state index contributed by atoms with van der Waals surface area (Å²) in [6.07, 6.45) is 0.0321. The van der Waals surface area contributed by atoms with Crippen molar-refractivity contribution in [2.75, 3.05) is 13.2 Å². The van der Waals surface area contributed by atoms with E-state index in [0.717, 1.165) is 39.1 Å². The van der Waals surface area contributed by atoms with Crippen LogP contribution in [0.1, 0.15) is 53.1 Å². The molecule has 5 aromatic rings. The number of hydrogen-bond acceptors (Lipinski definition) is 6. The summed E-state index contributed by atoms with van der Waals surface area (Å²) in [6.45, 7) is 3.42. The molecule has 0 unspecified atom stereocenters. The third-order valence-electron chi connectivity index (χ3n) is 10.1. The van der Waals surface area contributed by atoms with Crippen molar-refractivity contribution in [3.8, 4) is 5.75 Å². The first-order valence-electron chi connectivity index (χ1n) is 17.8. The maximum Gasteiger partial charge on any atom is 0.123 e. The van der Waals surface area contributed by atoms with Crippen LogP contribution in [0, 0.1) is 0 Å². The highest BCUT2D eigenvalue weighted by Gasteiger charge is 2.67. The predicted molar refractivity (Wildman–Crippen MR) is 199 cm³/mol. The lowest BCUT2D eigenvalue weighted by Crippen LogP contribution is -2.66. The number of fused-ring (bicyclic) bond motifs is 2. The lowest BCUT2D eigenvalue weighted by Gasteiger charge is -2.52. The zero-order valence-electron chi connectivity index (χ0n) is 29.0. The maximum atomic E-state index is 11.2. The summed E-state index contributed by atoms with van der Waals surface area (Å²) < 4.78 is 33.6. The average Bonchev–Trinajstić information content (AvgIpc) is 3.54. The van der Waals surface area contributed by atoms with Crippen LogP contribution in [0.4, 0.5) is 0 Å². The molecule has 0 aromatic heterocycles. The minimum Gasteiger partial charge on any atom is -0.494 e. The zero-order chi connectivity index (χ0) is 35.1. The minimum atomic E-state index is -1.02. The van der Waals surface area contributed by atoms with Gasteiger partial charge in [0, 0.05) is 5.02 Å². The number of aliphatic hydroxyl groups is 1. The second-order valence-electron chi connectivity index (χ2n) is 13.5. The minimum absolute atomic E-state index is 0.225. The molecule has 0 aliphatic carbocycles. The van der Waals surface area contributed by atoms with Gasteiger partial charge in [0.2, 0.25) is 0 Å². The molecule has 0 radical (unpaired) electrons. The van der Waals surface area contributed by atoms with Gasteiger partial charge in [-0.15, -0.1) is 0 Å². The van der Waals surface area contributed by atoms with Gasteiger partial charge in [-0.05, 0) is 77.8 Å². The Labute approximate surface area is 305 Å². The Morgan fingerprint density at radius 1 is 0.667 bits per heavy atom. The summed E-state index contributed by atoms with van der Waals surface area (Å²) in [6, 6.07) is 44.6. The number of aliphatic hydroxyl groups excluding tert-OH is 1. The topological polar surface area (TPSA) is 66.4 Å². The normalized spacial score (nSPS) is 24.0. The number of benzene rings is 5. The van der Waals surface area contributed by atoms with Crippen molar-refractivity contribution in [2.45, 2.75) is 75.5 Å². The van der Waals surface area contributed by atoms with Crippen molar-refractivity contribution >= 4 is 11.6 Å². The van der Waals surface area contributed by atoms with Gasteiger partial charge in [-0.3, -0.25) is 0 Å². The smallest absolute Gasteiger partial charge is 0.123 e. The van der Waals surface area contributed by atoms with Gasteiger partial charge in [0.25, 0.3) is 0 Å². The summed E-state index contributed by atoms with van der Waals surface area (Å²) in [7, 11) is 0. The Hall–Kier alpha value is -4.01. The molecule has 0 saturated carbocycles. The highest BCUT2D eigenvalue weighted by atomic mass is 35.5. The SMILES string of the molecule is CCOc1ccc(Cc2cc([C@]34CC[C@](CO)(O3)[C@@H](OCc3ccccc3)[C@H](OCc3ccccc3)[C@H]4OCc3ccccc3)ccc2Cl)cc1. The van der Waals surface area contributed by atoms with E-state index in [0.29, 0.717) is 50.7 Å². The van der Waals surface area contributed by atoms with Crippen LogP contribution >= 0.6 is 11.6 Å². The first kappa shape index (κ1) is 35.4. The molecule has 2 heterocycles. The van der Waals surface area contributed by atoms with Crippen molar-refractivity contribution in [3.63, 3.8) is 0 Å². The predicted octanol–water partition coefficient (Wildman–Crippen LogP) is 8.84. The van der Waals surface area contributed by atoms with Crippen LogP contribution in [-0.4, -0.2) is 42.2 Å². The van der Waals surface area contributed by atoms with Crippen LogP contribution in [0.15, 0.2) is 133 Å². The molecule has 264 valence electrons. The van der Waals surface area contributed by atoms with E-state index in [1.54, 1.807) is 0 Å². The van der Waals surface area contributed by atoms with Crippen LogP contribution in [0.5, 0.6) is 5.75 Å². The molecule has 1 N–H and O–H groups in total. The summed E-state index contributed by atoms with van der Waals surface area (Å²) >= 11 is 6.88. The van der Waals surface area contributed by atoms with E-state index in [1.807, 2.05) is 97.9 Å². The van der Waals surface area contributed by atoms with Crippen LogP contribution in [0.25, 0.3) is 0 Å². The van der Waals surface area contributed by atoms with E-state index in [9.17, 15) is 5.11 Å². The van der Waals surface area contributed by atoms with E-state index in [-0.39, 0.29) is 6.61 Å². The molecule has 0 amide bonds. The van der Waals surface area contributed by atoms with Gasteiger partial charge in [0.1, 0.15) is 35.3 Å². The molecule has 6 nitrogen and oxygen atoms in total.